The summed E-state index contributed by atoms with van der Waals surface area (Å²) in [6, 6.07) is 16.4. The second kappa shape index (κ2) is 9.06. The van der Waals surface area contributed by atoms with E-state index in [4.69, 9.17) is 14.6 Å². The molecule has 3 aromatic carbocycles. The molecule has 0 radical (unpaired) electrons. The van der Waals surface area contributed by atoms with Crippen molar-refractivity contribution in [1.82, 2.24) is 9.55 Å². The highest BCUT2D eigenvalue weighted by Crippen LogP contribution is 2.27. The van der Waals surface area contributed by atoms with Gasteiger partial charge in [-0.05, 0) is 61.0 Å². The number of ether oxygens (including phenoxy) is 2. The van der Waals surface area contributed by atoms with Crippen LogP contribution in [0.25, 0.3) is 11.0 Å². The Morgan fingerprint density at radius 3 is 2.55 bits per heavy atom. The molecule has 0 aliphatic carbocycles. The van der Waals surface area contributed by atoms with Crippen LogP contribution >= 0.6 is 12.4 Å². The molecule has 160 valence electrons. The summed E-state index contributed by atoms with van der Waals surface area (Å²) >= 11 is 0. The molecule has 6 nitrogen and oxygen atoms in total. The summed E-state index contributed by atoms with van der Waals surface area (Å²) in [4.78, 5) is 15.7. The van der Waals surface area contributed by atoms with E-state index < -0.39 is 5.97 Å². The maximum atomic E-state index is 13.5. The zero-order chi connectivity index (χ0) is 21.3. The lowest BCUT2D eigenvalue weighted by atomic mass is 10.2. The van der Waals surface area contributed by atoms with Gasteiger partial charge >= 0.3 is 5.97 Å². The monoisotopic (exact) mass is 442 g/mol. The van der Waals surface area contributed by atoms with Gasteiger partial charge in [0.25, 0.3) is 0 Å². The Kier molecular flexibility index (Phi) is 6.46. The smallest absolute Gasteiger partial charge is 0.335 e. The zero-order valence-electron chi connectivity index (χ0n) is 16.8. The van der Waals surface area contributed by atoms with Crippen LogP contribution in [0.4, 0.5) is 4.39 Å². The molecule has 0 fully saturated rings. The Hall–Kier alpha value is -3.58. The number of fused-ring (bicyclic) bond motifs is 1. The largest absolute Gasteiger partial charge is 0.486 e. The average molecular weight is 443 g/mol. The third-order valence-electron chi connectivity index (χ3n) is 4.76. The lowest BCUT2D eigenvalue weighted by Gasteiger charge is -2.08. The summed E-state index contributed by atoms with van der Waals surface area (Å²) in [6.45, 7) is 1.87. The molecule has 0 aliphatic rings. The van der Waals surface area contributed by atoms with Gasteiger partial charge in [0.05, 0.1) is 16.6 Å². The number of benzene rings is 3. The fourth-order valence-electron chi connectivity index (χ4n) is 3.10. The fraction of sp³-hybridized carbons (Fsp3) is 0.130. The van der Waals surface area contributed by atoms with Crippen molar-refractivity contribution >= 4 is 29.4 Å². The average Bonchev–Trinajstić information content (AvgIpc) is 3.05. The number of carboxylic acids is 1. The predicted octanol–water partition coefficient (Wildman–Crippen LogP) is 5.51. The van der Waals surface area contributed by atoms with Gasteiger partial charge in [0, 0.05) is 13.1 Å². The number of imidazole rings is 1. The van der Waals surface area contributed by atoms with Gasteiger partial charge in [-0.15, -0.1) is 12.4 Å². The molecular weight excluding hydrogens is 423 g/mol. The number of aryl methyl sites for hydroxylation is 2. The van der Waals surface area contributed by atoms with Crippen molar-refractivity contribution in [3.63, 3.8) is 0 Å². The molecule has 4 rings (SSSR count). The summed E-state index contributed by atoms with van der Waals surface area (Å²) in [5, 5.41) is 9.09. The van der Waals surface area contributed by atoms with Crippen LogP contribution in [0.1, 0.15) is 21.7 Å². The molecular formula is C23H20ClFN2O4. The molecule has 0 saturated carbocycles. The number of carboxylic acid groups (broad SMARTS) is 1. The SMILES string of the molecule is Cc1cc(Oc2ccc3nc(COc4cccc(C(=O)O)c4)n(C)c3c2)ccc1F.Cl. The molecule has 31 heavy (non-hydrogen) atoms. The molecule has 0 unspecified atom stereocenters. The van der Waals surface area contributed by atoms with E-state index in [0.717, 1.165) is 11.0 Å². The first kappa shape index (κ1) is 22.1. The van der Waals surface area contributed by atoms with Crippen molar-refractivity contribution in [2.45, 2.75) is 13.5 Å². The van der Waals surface area contributed by atoms with E-state index in [9.17, 15) is 9.18 Å². The van der Waals surface area contributed by atoms with Crippen molar-refractivity contribution in [3.05, 3.63) is 83.4 Å². The minimum atomic E-state index is -1.01. The molecule has 8 heteroatoms. The third kappa shape index (κ3) is 4.78. The van der Waals surface area contributed by atoms with Crippen molar-refractivity contribution in [3.8, 4) is 17.2 Å². The first-order chi connectivity index (χ1) is 14.4. The van der Waals surface area contributed by atoms with Crippen molar-refractivity contribution in [2.75, 3.05) is 0 Å². The Bertz CT molecular complexity index is 1260. The third-order valence-corrected chi connectivity index (χ3v) is 4.76. The van der Waals surface area contributed by atoms with E-state index in [-0.39, 0.29) is 30.4 Å². The zero-order valence-corrected chi connectivity index (χ0v) is 17.6. The number of carbonyl (C=O) groups is 1. The highest BCUT2D eigenvalue weighted by molar-refractivity contribution is 5.88. The van der Waals surface area contributed by atoms with Crippen molar-refractivity contribution < 1.29 is 23.8 Å². The van der Waals surface area contributed by atoms with Crippen LogP contribution in [0.2, 0.25) is 0 Å². The van der Waals surface area contributed by atoms with Gasteiger partial charge < -0.3 is 19.1 Å². The van der Waals surface area contributed by atoms with E-state index in [2.05, 4.69) is 4.98 Å². The number of hydrogen-bond donors (Lipinski definition) is 1. The topological polar surface area (TPSA) is 73.6 Å². The predicted molar refractivity (Wildman–Crippen MR) is 117 cm³/mol. The maximum absolute atomic E-state index is 13.5. The Balaban J connectivity index is 0.00000272. The van der Waals surface area contributed by atoms with E-state index >= 15 is 0 Å². The van der Waals surface area contributed by atoms with Crippen LogP contribution < -0.4 is 9.47 Å². The molecule has 0 aliphatic heterocycles. The van der Waals surface area contributed by atoms with Crippen LogP contribution in [0.5, 0.6) is 17.2 Å². The summed E-state index contributed by atoms with van der Waals surface area (Å²) < 4.78 is 26.9. The van der Waals surface area contributed by atoms with Crippen molar-refractivity contribution in [1.29, 1.82) is 0 Å². The van der Waals surface area contributed by atoms with Crippen LogP contribution in [-0.4, -0.2) is 20.6 Å². The quantitative estimate of drug-likeness (QED) is 0.426. The lowest BCUT2D eigenvalue weighted by molar-refractivity contribution is 0.0696. The molecule has 1 N–H and O–H groups in total. The highest BCUT2D eigenvalue weighted by Gasteiger charge is 2.11. The minimum Gasteiger partial charge on any atom is -0.486 e. The molecule has 0 spiro atoms. The fourth-order valence-corrected chi connectivity index (χ4v) is 3.10. The molecule has 1 aromatic heterocycles. The van der Waals surface area contributed by atoms with Crippen LogP contribution in [0, 0.1) is 12.7 Å². The number of rotatable bonds is 6. The number of aromatic nitrogens is 2. The first-order valence-corrected chi connectivity index (χ1v) is 9.26. The molecule has 0 atom stereocenters. The Morgan fingerprint density at radius 2 is 1.81 bits per heavy atom. The molecule has 4 aromatic rings. The van der Waals surface area contributed by atoms with Gasteiger partial charge in [0.1, 0.15) is 35.5 Å². The lowest BCUT2D eigenvalue weighted by Crippen LogP contribution is -2.04. The Morgan fingerprint density at radius 1 is 1.06 bits per heavy atom. The maximum Gasteiger partial charge on any atom is 0.335 e. The van der Waals surface area contributed by atoms with Gasteiger partial charge in [0.15, 0.2) is 0 Å². The van der Waals surface area contributed by atoms with Gasteiger partial charge in [-0.3, -0.25) is 0 Å². The second-order valence-electron chi connectivity index (χ2n) is 6.87. The summed E-state index contributed by atoms with van der Waals surface area (Å²) in [6.07, 6.45) is 0. The van der Waals surface area contributed by atoms with Gasteiger partial charge in [-0.25, -0.2) is 14.2 Å². The van der Waals surface area contributed by atoms with Crippen molar-refractivity contribution in [2.24, 2.45) is 7.05 Å². The standard InChI is InChI=1S/C23H19FN2O4.ClH/c1-14-10-17(6-8-19(14)24)30-18-7-9-20-21(12-18)26(2)22(25-20)13-29-16-5-3-4-15(11-16)23(27)28;/h3-12H,13H2,1-2H3,(H,27,28);1H. The summed E-state index contributed by atoms with van der Waals surface area (Å²) in [5.41, 5.74) is 2.30. The number of halogens is 2. The molecule has 0 saturated heterocycles. The normalized spacial score (nSPS) is 10.5. The van der Waals surface area contributed by atoms with Crippen LogP contribution in [-0.2, 0) is 13.7 Å². The van der Waals surface area contributed by atoms with E-state index in [0.29, 0.717) is 28.6 Å². The summed E-state index contributed by atoms with van der Waals surface area (Å²) in [5.74, 6) is 1.02. The van der Waals surface area contributed by atoms with Gasteiger partial charge in [-0.1, -0.05) is 6.07 Å². The first-order valence-electron chi connectivity index (χ1n) is 9.26. The van der Waals surface area contributed by atoms with Crippen LogP contribution in [0.15, 0.2) is 60.7 Å². The van der Waals surface area contributed by atoms with E-state index in [1.54, 1.807) is 37.3 Å². The van der Waals surface area contributed by atoms with Gasteiger partial charge in [-0.2, -0.15) is 0 Å². The molecule has 0 amide bonds. The van der Waals surface area contributed by atoms with Crippen LogP contribution in [0.3, 0.4) is 0 Å². The number of aromatic carboxylic acids is 1. The molecule has 0 bridgehead atoms. The molecule has 1 heterocycles. The Labute approximate surface area is 184 Å². The highest BCUT2D eigenvalue weighted by atomic mass is 35.5. The number of nitrogens with zero attached hydrogens (tertiary/aromatic N) is 2. The number of hydrogen-bond acceptors (Lipinski definition) is 4. The van der Waals surface area contributed by atoms with Gasteiger partial charge in [0.2, 0.25) is 0 Å². The minimum absolute atomic E-state index is 0. The second-order valence-corrected chi connectivity index (χ2v) is 6.87. The van der Waals surface area contributed by atoms with E-state index in [1.165, 1.54) is 18.2 Å². The van der Waals surface area contributed by atoms with E-state index in [1.807, 2.05) is 23.7 Å². The summed E-state index contributed by atoms with van der Waals surface area (Å²) in [7, 11) is 1.87.